The Morgan fingerprint density at radius 2 is 1.76 bits per heavy atom. The maximum absolute atomic E-state index is 14.2. The van der Waals surface area contributed by atoms with E-state index in [4.69, 9.17) is 11.6 Å². The van der Waals surface area contributed by atoms with Gasteiger partial charge in [-0.15, -0.1) is 0 Å². The van der Waals surface area contributed by atoms with Crippen molar-refractivity contribution < 1.29 is 18.4 Å². The Morgan fingerprint density at radius 3 is 2.38 bits per heavy atom. The molecule has 0 bridgehead atoms. The van der Waals surface area contributed by atoms with E-state index < -0.39 is 11.6 Å². The molecule has 1 saturated heterocycles. The Hall–Kier alpha value is -1.73. The van der Waals surface area contributed by atoms with Crippen LogP contribution in [0.2, 0.25) is 5.02 Å². The summed E-state index contributed by atoms with van der Waals surface area (Å²) in [7, 11) is 0. The SMILES string of the molecule is CCC1CC2CC(C)(CC(=O)NCC(=O)N3CCN(Cc4c(F)ccc(Cl)c4F)CC3)CC2C1. The highest BCUT2D eigenvalue weighted by molar-refractivity contribution is 6.30. The fourth-order valence-corrected chi connectivity index (χ4v) is 6.67. The molecule has 2 amide bonds. The summed E-state index contributed by atoms with van der Waals surface area (Å²) < 4.78 is 28.2. The second-order valence-electron chi connectivity index (χ2n) is 10.9. The first kappa shape index (κ1) is 25.4. The standard InChI is InChI=1S/C26H36ClF2N3O2/c1-3-17-10-18-12-26(2,13-19(18)11-17)14-23(33)30-15-24(34)32-8-6-31(7-9-32)16-20-22(28)5-4-21(27)25(20)29/h4-5,17-19H,3,6-16H2,1-2H3,(H,30,33). The lowest BCUT2D eigenvalue weighted by Gasteiger charge is -2.35. The van der Waals surface area contributed by atoms with E-state index in [0.717, 1.165) is 30.6 Å². The van der Waals surface area contributed by atoms with Crippen molar-refractivity contribution in [3.8, 4) is 0 Å². The highest BCUT2D eigenvalue weighted by Crippen LogP contribution is 2.56. The molecule has 1 aromatic carbocycles. The molecule has 0 radical (unpaired) electrons. The van der Waals surface area contributed by atoms with E-state index in [9.17, 15) is 18.4 Å². The molecule has 188 valence electrons. The van der Waals surface area contributed by atoms with E-state index in [1.165, 1.54) is 31.4 Å². The van der Waals surface area contributed by atoms with E-state index in [1.54, 1.807) is 4.90 Å². The Kier molecular flexibility index (Phi) is 7.82. The molecule has 0 aromatic heterocycles. The highest BCUT2D eigenvalue weighted by atomic mass is 35.5. The Bertz CT molecular complexity index is 906. The number of nitrogens with one attached hydrogen (secondary N) is 1. The van der Waals surface area contributed by atoms with Crippen LogP contribution in [-0.2, 0) is 16.1 Å². The predicted octanol–water partition coefficient (Wildman–Crippen LogP) is 4.62. The van der Waals surface area contributed by atoms with Gasteiger partial charge in [-0.05, 0) is 61.0 Å². The summed E-state index contributed by atoms with van der Waals surface area (Å²) in [5, 5.41) is 2.74. The zero-order chi connectivity index (χ0) is 24.5. The molecule has 3 fully saturated rings. The van der Waals surface area contributed by atoms with Crippen molar-refractivity contribution in [3.05, 3.63) is 34.4 Å². The second-order valence-corrected chi connectivity index (χ2v) is 11.3. The van der Waals surface area contributed by atoms with Crippen molar-refractivity contribution in [2.75, 3.05) is 32.7 Å². The average Bonchev–Trinajstić information content (AvgIpc) is 3.32. The number of fused-ring (bicyclic) bond motifs is 1. The lowest BCUT2D eigenvalue weighted by atomic mass is 9.81. The molecule has 3 aliphatic rings. The minimum Gasteiger partial charge on any atom is -0.347 e. The number of hydrogen-bond donors (Lipinski definition) is 1. The summed E-state index contributed by atoms with van der Waals surface area (Å²) in [6, 6.07) is 2.38. The summed E-state index contributed by atoms with van der Waals surface area (Å²) in [5.74, 6) is 0.861. The highest BCUT2D eigenvalue weighted by Gasteiger charge is 2.47. The van der Waals surface area contributed by atoms with Gasteiger partial charge < -0.3 is 10.2 Å². The minimum atomic E-state index is -0.729. The van der Waals surface area contributed by atoms with Gasteiger partial charge in [-0.25, -0.2) is 8.78 Å². The summed E-state index contributed by atoms with van der Waals surface area (Å²) in [6.45, 7) is 6.52. The van der Waals surface area contributed by atoms with Gasteiger partial charge in [0, 0.05) is 44.7 Å². The van der Waals surface area contributed by atoms with Gasteiger partial charge in [-0.3, -0.25) is 14.5 Å². The van der Waals surface area contributed by atoms with Crippen molar-refractivity contribution in [2.45, 2.75) is 58.9 Å². The van der Waals surface area contributed by atoms with E-state index in [1.807, 2.05) is 4.90 Å². The largest absolute Gasteiger partial charge is 0.347 e. The van der Waals surface area contributed by atoms with Gasteiger partial charge >= 0.3 is 0 Å². The van der Waals surface area contributed by atoms with Gasteiger partial charge in [-0.1, -0.05) is 31.9 Å². The monoisotopic (exact) mass is 495 g/mol. The fraction of sp³-hybridized carbons (Fsp3) is 0.692. The van der Waals surface area contributed by atoms with Gasteiger partial charge in [0.15, 0.2) is 0 Å². The Labute approximate surface area is 206 Å². The van der Waals surface area contributed by atoms with E-state index >= 15 is 0 Å². The van der Waals surface area contributed by atoms with E-state index in [2.05, 4.69) is 19.2 Å². The second kappa shape index (κ2) is 10.5. The van der Waals surface area contributed by atoms with Gasteiger partial charge in [0.1, 0.15) is 11.6 Å². The van der Waals surface area contributed by atoms with Crippen LogP contribution in [-0.4, -0.2) is 54.3 Å². The maximum Gasteiger partial charge on any atom is 0.242 e. The minimum absolute atomic E-state index is 0.00275. The van der Waals surface area contributed by atoms with Gasteiger partial charge in [-0.2, -0.15) is 0 Å². The normalized spacial score (nSPS) is 29.3. The molecule has 2 aliphatic carbocycles. The van der Waals surface area contributed by atoms with E-state index in [-0.39, 0.29) is 40.9 Å². The fourth-order valence-electron chi connectivity index (χ4n) is 6.49. The lowest BCUT2D eigenvalue weighted by molar-refractivity contribution is -0.134. The Balaban J connectivity index is 1.18. The van der Waals surface area contributed by atoms with Gasteiger partial charge in [0.2, 0.25) is 11.8 Å². The van der Waals surface area contributed by atoms with Gasteiger partial charge in [0.05, 0.1) is 11.6 Å². The van der Waals surface area contributed by atoms with Crippen LogP contribution >= 0.6 is 11.6 Å². The van der Waals surface area contributed by atoms with Crippen LogP contribution in [0.4, 0.5) is 8.78 Å². The van der Waals surface area contributed by atoms with Gasteiger partial charge in [0.25, 0.3) is 0 Å². The third-order valence-corrected chi connectivity index (χ3v) is 8.59. The first-order chi connectivity index (χ1) is 16.2. The number of amides is 2. The summed E-state index contributed by atoms with van der Waals surface area (Å²) in [5.41, 5.74) is -0.00757. The maximum atomic E-state index is 14.2. The number of carbonyl (C=O) groups is 2. The molecule has 2 saturated carbocycles. The molecule has 1 heterocycles. The Morgan fingerprint density at radius 1 is 1.12 bits per heavy atom. The molecular formula is C26H36ClF2N3O2. The summed E-state index contributed by atoms with van der Waals surface area (Å²) in [4.78, 5) is 28.8. The molecule has 4 rings (SSSR count). The van der Waals surface area contributed by atoms with E-state index in [0.29, 0.717) is 32.6 Å². The molecule has 0 spiro atoms. The number of piperazine rings is 1. The number of benzene rings is 1. The molecule has 1 N–H and O–H groups in total. The lowest BCUT2D eigenvalue weighted by Crippen LogP contribution is -2.51. The average molecular weight is 496 g/mol. The van der Waals surface area contributed by atoms with Crippen LogP contribution in [0.15, 0.2) is 12.1 Å². The number of halogens is 3. The zero-order valence-corrected chi connectivity index (χ0v) is 21.0. The van der Waals surface area contributed by atoms with Crippen molar-refractivity contribution in [1.82, 2.24) is 15.1 Å². The van der Waals surface area contributed by atoms with Crippen molar-refractivity contribution >= 4 is 23.4 Å². The van der Waals surface area contributed by atoms with Crippen molar-refractivity contribution in [1.29, 1.82) is 0 Å². The van der Waals surface area contributed by atoms with Crippen LogP contribution in [0.1, 0.15) is 57.9 Å². The van der Waals surface area contributed by atoms with Crippen LogP contribution < -0.4 is 5.32 Å². The summed E-state index contributed by atoms with van der Waals surface area (Å²) >= 11 is 5.78. The molecule has 1 aliphatic heterocycles. The third-order valence-electron chi connectivity index (χ3n) is 8.30. The molecular weight excluding hydrogens is 460 g/mol. The van der Waals surface area contributed by atoms with Crippen LogP contribution in [0.3, 0.4) is 0 Å². The molecule has 5 nitrogen and oxygen atoms in total. The topological polar surface area (TPSA) is 52.7 Å². The van der Waals surface area contributed by atoms with Crippen LogP contribution in [0, 0.1) is 34.8 Å². The smallest absolute Gasteiger partial charge is 0.242 e. The van der Waals surface area contributed by atoms with Crippen LogP contribution in [0.5, 0.6) is 0 Å². The molecule has 2 unspecified atom stereocenters. The molecule has 1 aromatic rings. The quantitative estimate of drug-likeness (QED) is 0.561. The first-order valence-corrected chi connectivity index (χ1v) is 12.9. The predicted molar refractivity (Wildman–Crippen MR) is 128 cm³/mol. The number of carbonyl (C=O) groups excluding carboxylic acids is 2. The first-order valence-electron chi connectivity index (χ1n) is 12.6. The molecule has 34 heavy (non-hydrogen) atoms. The van der Waals surface area contributed by atoms with Crippen molar-refractivity contribution in [2.24, 2.45) is 23.2 Å². The number of rotatable bonds is 7. The number of nitrogens with zero attached hydrogens (tertiary/aromatic N) is 2. The summed E-state index contributed by atoms with van der Waals surface area (Å²) in [6.07, 6.45) is 6.58. The van der Waals surface area contributed by atoms with Crippen molar-refractivity contribution in [3.63, 3.8) is 0 Å². The number of hydrogen-bond acceptors (Lipinski definition) is 3. The molecule has 8 heteroatoms. The van der Waals surface area contributed by atoms with Crippen LogP contribution in [0.25, 0.3) is 0 Å². The zero-order valence-electron chi connectivity index (χ0n) is 20.2. The third kappa shape index (κ3) is 5.73. The molecule has 2 atom stereocenters.